The van der Waals surface area contributed by atoms with Gasteiger partial charge in [0.2, 0.25) is 5.91 Å². The van der Waals surface area contributed by atoms with Crippen molar-refractivity contribution in [2.45, 2.75) is 19.4 Å². The van der Waals surface area contributed by atoms with Gasteiger partial charge in [-0.2, -0.15) is 0 Å². The van der Waals surface area contributed by atoms with Crippen LogP contribution in [0.25, 0.3) is 0 Å². The molecule has 2 aliphatic heterocycles. The molecule has 24 heavy (non-hydrogen) atoms. The van der Waals surface area contributed by atoms with Gasteiger partial charge in [-0.3, -0.25) is 14.5 Å². The number of imide groups is 1. The molecule has 0 spiro atoms. The Morgan fingerprint density at radius 2 is 1.92 bits per heavy atom. The molecule has 1 aromatic carbocycles. The van der Waals surface area contributed by atoms with Gasteiger partial charge in [-0.15, -0.1) is 0 Å². The Bertz CT molecular complexity index is 668. The van der Waals surface area contributed by atoms with E-state index in [2.05, 4.69) is 16.7 Å². The molecule has 1 N–H and O–H groups in total. The summed E-state index contributed by atoms with van der Waals surface area (Å²) in [6.45, 7) is 6.41. The van der Waals surface area contributed by atoms with Crippen LogP contribution < -0.4 is 4.90 Å². The maximum Gasteiger partial charge on any atom is 0.335 e. The highest BCUT2D eigenvalue weighted by atomic mass is 16.4. The van der Waals surface area contributed by atoms with Crippen LogP contribution in [-0.2, 0) is 9.59 Å². The van der Waals surface area contributed by atoms with Gasteiger partial charge in [0.1, 0.15) is 0 Å². The van der Waals surface area contributed by atoms with Gasteiger partial charge >= 0.3 is 5.97 Å². The number of anilines is 1. The zero-order valence-corrected chi connectivity index (χ0v) is 13.6. The second kappa shape index (κ2) is 6.70. The number of hydrogen-bond acceptors (Lipinski definition) is 5. The highest BCUT2D eigenvalue weighted by Crippen LogP contribution is 2.27. The van der Waals surface area contributed by atoms with Crippen molar-refractivity contribution in [1.29, 1.82) is 0 Å². The SMILES string of the molecule is CCN1CCN(C2CC(=O)N(c3cccc(C(=O)O)c3)C2=O)CC1. The van der Waals surface area contributed by atoms with E-state index in [1.807, 2.05) is 0 Å². The Morgan fingerprint density at radius 1 is 1.21 bits per heavy atom. The molecule has 2 amide bonds. The van der Waals surface area contributed by atoms with Crippen molar-refractivity contribution in [2.75, 3.05) is 37.6 Å². The van der Waals surface area contributed by atoms with Crippen LogP contribution in [0.15, 0.2) is 24.3 Å². The number of carboxylic acids is 1. The van der Waals surface area contributed by atoms with E-state index in [4.69, 9.17) is 5.11 Å². The van der Waals surface area contributed by atoms with Gasteiger partial charge in [-0.05, 0) is 24.7 Å². The molecular formula is C17H21N3O4. The molecule has 128 valence electrons. The number of hydrogen-bond donors (Lipinski definition) is 1. The Morgan fingerprint density at radius 3 is 2.54 bits per heavy atom. The van der Waals surface area contributed by atoms with Crippen molar-refractivity contribution < 1.29 is 19.5 Å². The summed E-state index contributed by atoms with van der Waals surface area (Å²) < 4.78 is 0. The van der Waals surface area contributed by atoms with Crippen molar-refractivity contribution in [3.63, 3.8) is 0 Å². The molecule has 1 atom stereocenters. The third-order valence-corrected chi connectivity index (χ3v) is 4.77. The first-order valence-corrected chi connectivity index (χ1v) is 8.18. The molecule has 0 aliphatic carbocycles. The van der Waals surface area contributed by atoms with Crippen LogP contribution in [0.4, 0.5) is 5.69 Å². The van der Waals surface area contributed by atoms with Crippen LogP contribution in [0.2, 0.25) is 0 Å². The lowest BCUT2D eigenvalue weighted by Gasteiger charge is -2.36. The Balaban J connectivity index is 1.77. The van der Waals surface area contributed by atoms with Crippen LogP contribution in [-0.4, -0.2) is 71.5 Å². The highest BCUT2D eigenvalue weighted by molar-refractivity contribution is 6.22. The second-order valence-corrected chi connectivity index (χ2v) is 6.11. The van der Waals surface area contributed by atoms with Crippen molar-refractivity contribution in [3.05, 3.63) is 29.8 Å². The van der Waals surface area contributed by atoms with E-state index in [1.54, 1.807) is 12.1 Å². The highest BCUT2D eigenvalue weighted by Gasteiger charge is 2.43. The predicted octanol–water partition coefficient (Wildman–Crippen LogP) is 0.654. The van der Waals surface area contributed by atoms with Gasteiger partial charge in [0.25, 0.3) is 5.91 Å². The van der Waals surface area contributed by atoms with E-state index in [0.29, 0.717) is 5.69 Å². The van der Waals surface area contributed by atoms with Crippen LogP contribution in [0.5, 0.6) is 0 Å². The molecule has 7 heteroatoms. The number of likely N-dealkylation sites (N-methyl/N-ethyl adjacent to an activating group) is 1. The smallest absolute Gasteiger partial charge is 0.335 e. The molecule has 0 aromatic heterocycles. The van der Waals surface area contributed by atoms with Crippen LogP contribution in [0.3, 0.4) is 0 Å². The topological polar surface area (TPSA) is 81.2 Å². The first kappa shape index (κ1) is 16.6. The summed E-state index contributed by atoms with van der Waals surface area (Å²) in [6, 6.07) is 5.52. The monoisotopic (exact) mass is 331 g/mol. The Labute approximate surface area is 140 Å². The molecule has 2 heterocycles. The first-order valence-electron chi connectivity index (χ1n) is 8.18. The van der Waals surface area contributed by atoms with Gasteiger partial charge in [-0.25, -0.2) is 9.69 Å². The summed E-state index contributed by atoms with van der Waals surface area (Å²) in [4.78, 5) is 41.7. The van der Waals surface area contributed by atoms with Crippen LogP contribution in [0.1, 0.15) is 23.7 Å². The van der Waals surface area contributed by atoms with Gasteiger partial charge < -0.3 is 10.0 Å². The third-order valence-electron chi connectivity index (χ3n) is 4.77. The standard InChI is InChI=1S/C17H21N3O4/c1-2-18-6-8-19(9-7-18)14-11-15(21)20(16(14)22)13-5-3-4-12(10-13)17(23)24/h3-5,10,14H,2,6-9,11H2,1H3,(H,23,24). The second-order valence-electron chi connectivity index (χ2n) is 6.11. The maximum atomic E-state index is 12.8. The lowest BCUT2D eigenvalue weighted by Crippen LogP contribution is -2.52. The predicted molar refractivity (Wildman–Crippen MR) is 88.0 cm³/mol. The quantitative estimate of drug-likeness (QED) is 0.816. The van der Waals surface area contributed by atoms with Crippen molar-refractivity contribution >= 4 is 23.5 Å². The number of rotatable bonds is 4. The minimum atomic E-state index is -1.08. The Kier molecular flexibility index (Phi) is 4.64. The number of nitrogens with zero attached hydrogens (tertiary/aromatic N) is 3. The molecule has 0 radical (unpaired) electrons. The van der Waals surface area contributed by atoms with E-state index in [0.717, 1.165) is 37.6 Å². The average molecular weight is 331 g/mol. The molecule has 1 unspecified atom stereocenters. The fourth-order valence-corrected chi connectivity index (χ4v) is 3.34. The third kappa shape index (κ3) is 3.05. The molecule has 0 bridgehead atoms. The summed E-state index contributed by atoms with van der Waals surface area (Å²) in [5.74, 6) is -1.61. The van der Waals surface area contributed by atoms with Gasteiger partial charge in [0.15, 0.2) is 0 Å². The summed E-state index contributed by atoms with van der Waals surface area (Å²) in [5.41, 5.74) is 0.396. The van der Waals surface area contributed by atoms with E-state index in [-0.39, 0.29) is 23.8 Å². The fourth-order valence-electron chi connectivity index (χ4n) is 3.34. The normalized spacial score (nSPS) is 23.0. The van der Waals surface area contributed by atoms with E-state index in [9.17, 15) is 14.4 Å². The summed E-state index contributed by atoms with van der Waals surface area (Å²) in [5, 5.41) is 9.09. The largest absolute Gasteiger partial charge is 0.478 e. The average Bonchev–Trinajstić information content (AvgIpc) is 2.89. The van der Waals surface area contributed by atoms with Crippen molar-refractivity contribution in [3.8, 4) is 0 Å². The zero-order valence-electron chi connectivity index (χ0n) is 13.6. The van der Waals surface area contributed by atoms with E-state index in [1.165, 1.54) is 12.1 Å². The number of aromatic carboxylic acids is 1. The minimum absolute atomic E-state index is 0.0631. The summed E-state index contributed by atoms with van der Waals surface area (Å²) in [7, 11) is 0. The molecular weight excluding hydrogens is 310 g/mol. The Hall–Kier alpha value is -2.25. The number of amides is 2. The lowest BCUT2D eigenvalue weighted by molar-refractivity contribution is -0.123. The van der Waals surface area contributed by atoms with Crippen molar-refractivity contribution in [2.24, 2.45) is 0 Å². The van der Waals surface area contributed by atoms with E-state index >= 15 is 0 Å². The summed E-state index contributed by atoms with van der Waals surface area (Å²) >= 11 is 0. The van der Waals surface area contributed by atoms with Crippen LogP contribution in [0, 0.1) is 0 Å². The molecule has 2 saturated heterocycles. The van der Waals surface area contributed by atoms with Gasteiger partial charge in [-0.1, -0.05) is 13.0 Å². The molecule has 7 nitrogen and oxygen atoms in total. The molecule has 1 aromatic rings. The fraction of sp³-hybridized carbons (Fsp3) is 0.471. The number of carbonyl (C=O) groups is 3. The van der Waals surface area contributed by atoms with E-state index < -0.39 is 12.0 Å². The number of benzene rings is 1. The van der Waals surface area contributed by atoms with Crippen LogP contribution >= 0.6 is 0 Å². The zero-order chi connectivity index (χ0) is 17.3. The molecule has 0 saturated carbocycles. The number of carboxylic acid groups (broad SMARTS) is 1. The summed E-state index contributed by atoms with van der Waals surface area (Å²) in [6.07, 6.45) is 0.155. The first-order chi connectivity index (χ1) is 11.5. The molecule has 2 fully saturated rings. The van der Waals surface area contributed by atoms with Crippen molar-refractivity contribution in [1.82, 2.24) is 9.80 Å². The molecule has 2 aliphatic rings. The van der Waals surface area contributed by atoms with Gasteiger partial charge in [0.05, 0.1) is 23.7 Å². The number of carbonyl (C=O) groups excluding carboxylic acids is 2. The van der Waals surface area contributed by atoms with Gasteiger partial charge in [0, 0.05) is 26.2 Å². The maximum absolute atomic E-state index is 12.8. The minimum Gasteiger partial charge on any atom is -0.478 e. The lowest BCUT2D eigenvalue weighted by atomic mass is 10.1. The number of piperazine rings is 1. The molecule has 3 rings (SSSR count).